The van der Waals surface area contributed by atoms with Gasteiger partial charge in [0, 0.05) is 17.5 Å². The fourth-order valence-corrected chi connectivity index (χ4v) is 2.08. The number of furan rings is 1. The second-order valence-electron chi connectivity index (χ2n) is 3.47. The predicted molar refractivity (Wildman–Crippen MR) is 68.8 cm³/mol. The second kappa shape index (κ2) is 6.06. The number of carbonyl (C=O) groups excluding carboxylic acids is 1. The zero-order valence-electron chi connectivity index (χ0n) is 9.26. The first-order valence-corrected chi connectivity index (χ1v) is 6.24. The van der Waals surface area contributed by atoms with Crippen LogP contribution in [-0.4, -0.2) is 12.5 Å². The Labute approximate surface area is 104 Å². The van der Waals surface area contributed by atoms with Gasteiger partial charge >= 0.3 is 0 Å². The predicted octanol–water partition coefficient (Wildman–Crippen LogP) is 2.71. The van der Waals surface area contributed by atoms with E-state index in [1.165, 1.54) is 11.0 Å². The molecule has 3 nitrogen and oxygen atoms in total. The van der Waals surface area contributed by atoms with Gasteiger partial charge in [0.15, 0.2) is 0 Å². The molecule has 2 rings (SSSR count). The summed E-state index contributed by atoms with van der Waals surface area (Å²) in [5.41, 5.74) is 0. The van der Waals surface area contributed by atoms with E-state index < -0.39 is 0 Å². The fraction of sp³-hybridized carbons (Fsp3) is 0.154. The van der Waals surface area contributed by atoms with Gasteiger partial charge in [0.2, 0.25) is 5.91 Å². The van der Waals surface area contributed by atoms with E-state index in [4.69, 9.17) is 4.42 Å². The minimum absolute atomic E-state index is 0.0991. The van der Waals surface area contributed by atoms with E-state index in [2.05, 4.69) is 11.4 Å². The maximum Gasteiger partial charge on any atom is 0.244 e. The number of hydrogen-bond acceptors (Lipinski definition) is 3. The van der Waals surface area contributed by atoms with Crippen LogP contribution in [-0.2, 0) is 11.2 Å². The molecule has 0 bridgehead atoms. The monoisotopic (exact) mass is 247 g/mol. The van der Waals surface area contributed by atoms with E-state index in [0.717, 1.165) is 6.42 Å². The van der Waals surface area contributed by atoms with Gasteiger partial charge in [-0.3, -0.25) is 4.79 Å². The maximum atomic E-state index is 11.4. The Hall–Kier alpha value is -1.81. The quantitative estimate of drug-likeness (QED) is 0.825. The van der Waals surface area contributed by atoms with Gasteiger partial charge < -0.3 is 9.73 Å². The SMILES string of the molecule is O=C(C=Cc1ccco1)NCCc1cccs1. The molecular formula is C13H13NO2S. The molecule has 1 amide bonds. The molecule has 0 aliphatic carbocycles. The van der Waals surface area contributed by atoms with Crippen molar-refractivity contribution in [1.82, 2.24) is 5.32 Å². The van der Waals surface area contributed by atoms with Crippen molar-refractivity contribution in [2.75, 3.05) is 6.54 Å². The van der Waals surface area contributed by atoms with E-state index >= 15 is 0 Å². The van der Waals surface area contributed by atoms with Gasteiger partial charge in [0.25, 0.3) is 0 Å². The highest BCUT2D eigenvalue weighted by molar-refractivity contribution is 7.09. The maximum absolute atomic E-state index is 11.4. The van der Waals surface area contributed by atoms with E-state index in [1.807, 2.05) is 11.4 Å². The van der Waals surface area contributed by atoms with Crippen molar-refractivity contribution in [3.8, 4) is 0 Å². The highest BCUT2D eigenvalue weighted by Crippen LogP contribution is 2.08. The van der Waals surface area contributed by atoms with Crippen molar-refractivity contribution in [3.63, 3.8) is 0 Å². The second-order valence-corrected chi connectivity index (χ2v) is 4.50. The topological polar surface area (TPSA) is 42.2 Å². The Balaban J connectivity index is 1.71. The first-order valence-electron chi connectivity index (χ1n) is 5.36. The number of thiophene rings is 1. The Morgan fingerprint density at radius 2 is 2.35 bits per heavy atom. The lowest BCUT2D eigenvalue weighted by atomic mass is 10.3. The largest absolute Gasteiger partial charge is 0.465 e. The molecule has 2 aromatic heterocycles. The highest BCUT2D eigenvalue weighted by Gasteiger charge is 1.97. The summed E-state index contributed by atoms with van der Waals surface area (Å²) in [5, 5.41) is 4.86. The molecule has 0 aliphatic heterocycles. The van der Waals surface area contributed by atoms with E-state index in [9.17, 15) is 4.79 Å². The normalized spacial score (nSPS) is 10.8. The first kappa shape index (κ1) is 11.7. The van der Waals surface area contributed by atoms with Gasteiger partial charge in [0.05, 0.1) is 6.26 Å². The van der Waals surface area contributed by atoms with Crippen LogP contribution < -0.4 is 5.32 Å². The summed E-state index contributed by atoms with van der Waals surface area (Å²) >= 11 is 1.70. The lowest BCUT2D eigenvalue weighted by molar-refractivity contribution is -0.116. The molecule has 0 fully saturated rings. The third-order valence-electron chi connectivity index (χ3n) is 2.19. The Kier molecular flexibility index (Phi) is 4.16. The van der Waals surface area contributed by atoms with Crippen LogP contribution in [0.25, 0.3) is 6.08 Å². The van der Waals surface area contributed by atoms with Gasteiger partial charge in [-0.15, -0.1) is 11.3 Å². The molecule has 4 heteroatoms. The van der Waals surface area contributed by atoms with Crippen molar-refractivity contribution in [2.24, 2.45) is 0 Å². The van der Waals surface area contributed by atoms with Crippen LogP contribution in [0.15, 0.2) is 46.4 Å². The molecule has 0 unspecified atom stereocenters. The minimum atomic E-state index is -0.0991. The summed E-state index contributed by atoms with van der Waals surface area (Å²) in [6.07, 6.45) is 5.58. The Morgan fingerprint density at radius 3 is 3.06 bits per heavy atom. The van der Waals surface area contributed by atoms with Crippen LogP contribution in [0.3, 0.4) is 0 Å². The molecule has 0 saturated heterocycles. The summed E-state index contributed by atoms with van der Waals surface area (Å²) < 4.78 is 5.08. The molecule has 0 spiro atoms. The molecule has 0 saturated carbocycles. The van der Waals surface area contributed by atoms with Crippen molar-refractivity contribution in [3.05, 3.63) is 52.6 Å². The number of nitrogens with one attached hydrogen (secondary N) is 1. The Morgan fingerprint density at radius 1 is 1.41 bits per heavy atom. The zero-order valence-corrected chi connectivity index (χ0v) is 10.1. The number of hydrogen-bond donors (Lipinski definition) is 1. The van der Waals surface area contributed by atoms with Gasteiger partial charge in [-0.2, -0.15) is 0 Å². The number of rotatable bonds is 5. The summed E-state index contributed by atoms with van der Waals surface area (Å²) in [7, 11) is 0. The summed E-state index contributed by atoms with van der Waals surface area (Å²) in [6.45, 7) is 0.655. The van der Waals surface area contributed by atoms with Crippen LogP contribution in [0.2, 0.25) is 0 Å². The lowest BCUT2D eigenvalue weighted by Gasteiger charge is -1.99. The molecule has 88 valence electrons. The minimum Gasteiger partial charge on any atom is -0.465 e. The smallest absolute Gasteiger partial charge is 0.244 e. The van der Waals surface area contributed by atoms with Gasteiger partial charge in [-0.05, 0) is 36.1 Å². The van der Waals surface area contributed by atoms with Crippen LogP contribution in [0.4, 0.5) is 0 Å². The summed E-state index contributed by atoms with van der Waals surface area (Å²) in [5.74, 6) is 0.580. The average molecular weight is 247 g/mol. The lowest BCUT2D eigenvalue weighted by Crippen LogP contribution is -2.23. The number of carbonyl (C=O) groups is 1. The van der Waals surface area contributed by atoms with Crippen molar-refractivity contribution < 1.29 is 9.21 Å². The van der Waals surface area contributed by atoms with Gasteiger partial charge in [0.1, 0.15) is 5.76 Å². The first-order chi connectivity index (χ1) is 8.34. The van der Waals surface area contributed by atoms with E-state index in [-0.39, 0.29) is 5.91 Å². The van der Waals surface area contributed by atoms with Crippen molar-refractivity contribution in [2.45, 2.75) is 6.42 Å². The fourth-order valence-electron chi connectivity index (χ4n) is 1.37. The molecule has 0 atom stereocenters. The van der Waals surface area contributed by atoms with Crippen molar-refractivity contribution >= 4 is 23.3 Å². The standard InChI is InChI=1S/C13H13NO2S/c15-13(6-5-11-3-1-9-16-11)14-8-7-12-4-2-10-17-12/h1-6,9-10H,7-8H2,(H,14,15). The summed E-state index contributed by atoms with van der Waals surface area (Å²) in [4.78, 5) is 12.7. The van der Waals surface area contributed by atoms with Crippen molar-refractivity contribution in [1.29, 1.82) is 0 Å². The van der Waals surface area contributed by atoms with Crippen LogP contribution in [0, 0.1) is 0 Å². The van der Waals surface area contributed by atoms with E-state index in [0.29, 0.717) is 12.3 Å². The molecular weight excluding hydrogens is 234 g/mol. The molecule has 2 heterocycles. The molecule has 0 aromatic carbocycles. The van der Waals surface area contributed by atoms with Crippen LogP contribution in [0.1, 0.15) is 10.6 Å². The average Bonchev–Trinajstić information content (AvgIpc) is 2.99. The molecule has 1 N–H and O–H groups in total. The highest BCUT2D eigenvalue weighted by atomic mass is 32.1. The van der Waals surface area contributed by atoms with Gasteiger partial charge in [-0.1, -0.05) is 6.07 Å². The Bertz CT molecular complexity index is 472. The molecule has 0 aliphatic rings. The van der Waals surface area contributed by atoms with E-state index in [1.54, 1.807) is 35.8 Å². The molecule has 2 aromatic rings. The third kappa shape index (κ3) is 3.92. The van der Waals surface area contributed by atoms with Gasteiger partial charge in [-0.25, -0.2) is 0 Å². The van der Waals surface area contributed by atoms with Crippen LogP contribution >= 0.6 is 11.3 Å². The third-order valence-corrected chi connectivity index (χ3v) is 3.13. The van der Waals surface area contributed by atoms with Crippen LogP contribution in [0.5, 0.6) is 0 Å². The molecule has 17 heavy (non-hydrogen) atoms. The zero-order chi connectivity index (χ0) is 11.9. The summed E-state index contributed by atoms with van der Waals surface area (Å²) in [6, 6.07) is 7.66. The number of amides is 1. The molecule has 0 radical (unpaired) electrons.